The van der Waals surface area contributed by atoms with Gasteiger partial charge < -0.3 is 4.74 Å². The Kier molecular flexibility index (Phi) is 4.31. The number of likely N-dealkylation sites (tertiary alicyclic amines) is 1. The summed E-state index contributed by atoms with van der Waals surface area (Å²) >= 11 is 0. The summed E-state index contributed by atoms with van der Waals surface area (Å²) < 4.78 is 20.6. The van der Waals surface area contributed by atoms with Gasteiger partial charge in [0, 0.05) is 32.0 Å². The normalized spacial score (nSPS) is 19.2. The standard InChI is InChI=1S/C16H20FN3O/c1-21-12-13-6-7-19(9-13)10-14-8-18-20(11-14)16-5-3-2-4-15(16)17/h2-5,8,11,13H,6-7,9-10,12H2,1H3/t13-/m0/s1. The average molecular weight is 289 g/mol. The molecule has 2 aromatic rings. The first-order valence-electron chi connectivity index (χ1n) is 7.26. The highest BCUT2D eigenvalue weighted by Crippen LogP contribution is 2.19. The van der Waals surface area contributed by atoms with Crippen LogP contribution in [0.25, 0.3) is 5.69 Å². The Morgan fingerprint density at radius 3 is 3.05 bits per heavy atom. The highest BCUT2D eigenvalue weighted by molar-refractivity contribution is 5.32. The van der Waals surface area contributed by atoms with E-state index in [1.54, 1.807) is 23.9 Å². The molecule has 0 amide bonds. The van der Waals surface area contributed by atoms with Crippen molar-refractivity contribution in [2.75, 3.05) is 26.8 Å². The molecule has 1 aliphatic heterocycles. The molecule has 1 saturated heterocycles. The van der Waals surface area contributed by atoms with Gasteiger partial charge >= 0.3 is 0 Å². The Morgan fingerprint density at radius 1 is 1.38 bits per heavy atom. The van der Waals surface area contributed by atoms with Gasteiger partial charge in [-0.2, -0.15) is 5.10 Å². The number of para-hydroxylation sites is 1. The summed E-state index contributed by atoms with van der Waals surface area (Å²) in [5.41, 5.74) is 1.60. The summed E-state index contributed by atoms with van der Waals surface area (Å²) in [6.45, 7) is 3.82. The van der Waals surface area contributed by atoms with Crippen molar-refractivity contribution in [1.82, 2.24) is 14.7 Å². The first kappa shape index (κ1) is 14.2. The van der Waals surface area contributed by atoms with Crippen molar-refractivity contribution in [2.45, 2.75) is 13.0 Å². The molecule has 1 aliphatic rings. The third kappa shape index (κ3) is 3.31. The molecule has 5 heteroatoms. The smallest absolute Gasteiger partial charge is 0.148 e. The van der Waals surface area contributed by atoms with Crippen LogP contribution in [-0.2, 0) is 11.3 Å². The Hall–Kier alpha value is -1.72. The van der Waals surface area contributed by atoms with Gasteiger partial charge in [-0.05, 0) is 31.0 Å². The summed E-state index contributed by atoms with van der Waals surface area (Å²) in [4.78, 5) is 2.40. The molecule has 0 N–H and O–H groups in total. The van der Waals surface area contributed by atoms with E-state index in [2.05, 4.69) is 10.00 Å². The molecule has 0 saturated carbocycles. The van der Waals surface area contributed by atoms with Crippen molar-refractivity contribution >= 4 is 0 Å². The van der Waals surface area contributed by atoms with E-state index in [1.807, 2.05) is 18.5 Å². The molecule has 2 heterocycles. The van der Waals surface area contributed by atoms with Crippen LogP contribution in [0.1, 0.15) is 12.0 Å². The molecule has 4 nitrogen and oxygen atoms in total. The molecule has 1 aromatic heterocycles. The van der Waals surface area contributed by atoms with E-state index in [0.29, 0.717) is 11.6 Å². The number of nitrogens with zero attached hydrogens (tertiary/aromatic N) is 3. The van der Waals surface area contributed by atoms with Crippen molar-refractivity contribution < 1.29 is 9.13 Å². The van der Waals surface area contributed by atoms with Gasteiger partial charge in [0.2, 0.25) is 0 Å². The number of benzene rings is 1. The molecule has 0 unspecified atom stereocenters. The van der Waals surface area contributed by atoms with E-state index < -0.39 is 0 Å². The van der Waals surface area contributed by atoms with Gasteiger partial charge in [-0.3, -0.25) is 4.90 Å². The molecule has 1 fully saturated rings. The van der Waals surface area contributed by atoms with Crippen LogP contribution >= 0.6 is 0 Å². The third-order valence-corrected chi connectivity index (χ3v) is 3.91. The van der Waals surface area contributed by atoms with Crippen LogP contribution in [-0.4, -0.2) is 41.5 Å². The Balaban J connectivity index is 1.65. The fraction of sp³-hybridized carbons (Fsp3) is 0.438. The Bertz CT molecular complexity index is 599. The maximum absolute atomic E-state index is 13.7. The SMILES string of the molecule is COC[C@H]1CCN(Cc2cnn(-c3ccccc3F)c2)C1. The fourth-order valence-electron chi connectivity index (χ4n) is 2.90. The number of ether oxygens (including phenoxy) is 1. The first-order chi connectivity index (χ1) is 10.3. The summed E-state index contributed by atoms with van der Waals surface area (Å²) in [7, 11) is 1.75. The van der Waals surface area contributed by atoms with Gasteiger partial charge in [0.25, 0.3) is 0 Å². The van der Waals surface area contributed by atoms with E-state index in [4.69, 9.17) is 4.74 Å². The van der Waals surface area contributed by atoms with Crippen molar-refractivity contribution in [3.05, 3.63) is 48.0 Å². The zero-order valence-corrected chi connectivity index (χ0v) is 12.2. The molecule has 3 rings (SSSR count). The second-order valence-corrected chi connectivity index (χ2v) is 5.59. The van der Waals surface area contributed by atoms with Gasteiger partial charge in [0.1, 0.15) is 11.5 Å². The van der Waals surface area contributed by atoms with Gasteiger partial charge in [0.05, 0.1) is 12.8 Å². The zero-order valence-electron chi connectivity index (χ0n) is 12.2. The Morgan fingerprint density at radius 2 is 2.24 bits per heavy atom. The van der Waals surface area contributed by atoms with Crippen LogP contribution in [0.3, 0.4) is 0 Å². The number of rotatable bonds is 5. The quantitative estimate of drug-likeness (QED) is 0.847. The van der Waals surface area contributed by atoms with Crippen molar-refractivity contribution in [3.63, 3.8) is 0 Å². The van der Waals surface area contributed by atoms with Gasteiger partial charge in [-0.15, -0.1) is 0 Å². The predicted octanol–water partition coefficient (Wildman–Crippen LogP) is 2.48. The highest BCUT2D eigenvalue weighted by atomic mass is 19.1. The van der Waals surface area contributed by atoms with Crippen LogP contribution in [0.5, 0.6) is 0 Å². The molecule has 0 aliphatic carbocycles. The van der Waals surface area contributed by atoms with E-state index in [9.17, 15) is 4.39 Å². The van der Waals surface area contributed by atoms with Gasteiger partial charge in [-0.1, -0.05) is 12.1 Å². The maximum Gasteiger partial charge on any atom is 0.148 e. The van der Waals surface area contributed by atoms with E-state index in [-0.39, 0.29) is 5.82 Å². The largest absolute Gasteiger partial charge is 0.384 e. The summed E-state index contributed by atoms with van der Waals surface area (Å²) in [6.07, 6.45) is 4.90. The van der Waals surface area contributed by atoms with Crippen LogP contribution in [0, 0.1) is 11.7 Å². The third-order valence-electron chi connectivity index (χ3n) is 3.91. The number of aromatic nitrogens is 2. The number of methoxy groups -OCH3 is 1. The molecule has 112 valence electrons. The average Bonchev–Trinajstić information content (AvgIpc) is 3.10. The second kappa shape index (κ2) is 6.37. The Labute approximate surface area is 124 Å². The lowest BCUT2D eigenvalue weighted by atomic mass is 10.1. The molecule has 1 atom stereocenters. The van der Waals surface area contributed by atoms with E-state index in [1.165, 1.54) is 12.5 Å². The molecule has 1 aromatic carbocycles. The lowest BCUT2D eigenvalue weighted by Gasteiger charge is -2.14. The van der Waals surface area contributed by atoms with Gasteiger partial charge in [0.15, 0.2) is 0 Å². The van der Waals surface area contributed by atoms with Crippen molar-refractivity contribution in [3.8, 4) is 5.69 Å². The van der Waals surface area contributed by atoms with E-state index >= 15 is 0 Å². The van der Waals surface area contributed by atoms with Crippen LogP contribution in [0.4, 0.5) is 4.39 Å². The topological polar surface area (TPSA) is 30.3 Å². The summed E-state index contributed by atoms with van der Waals surface area (Å²) in [5, 5.41) is 4.27. The minimum absolute atomic E-state index is 0.256. The lowest BCUT2D eigenvalue weighted by Crippen LogP contribution is -2.21. The molecule has 0 radical (unpaired) electrons. The monoisotopic (exact) mass is 289 g/mol. The van der Waals surface area contributed by atoms with Crippen molar-refractivity contribution in [2.24, 2.45) is 5.92 Å². The van der Waals surface area contributed by atoms with Crippen molar-refractivity contribution in [1.29, 1.82) is 0 Å². The summed E-state index contributed by atoms with van der Waals surface area (Å²) in [5.74, 6) is 0.366. The minimum atomic E-state index is -0.256. The highest BCUT2D eigenvalue weighted by Gasteiger charge is 2.22. The molecule has 21 heavy (non-hydrogen) atoms. The minimum Gasteiger partial charge on any atom is -0.384 e. The van der Waals surface area contributed by atoms with Crippen LogP contribution in [0.15, 0.2) is 36.7 Å². The number of halogens is 1. The van der Waals surface area contributed by atoms with Gasteiger partial charge in [-0.25, -0.2) is 9.07 Å². The van der Waals surface area contributed by atoms with E-state index in [0.717, 1.165) is 31.8 Å². The van der Waals surface area contributed by atoms with Crippen LogP contribution in [0.2, 0.25) is 0 Å². The molecular formula is C16H20FN3O. The number of hydrogen-bond acceptors (Lipinski definition) is 3. The zero-order chi connectivity index (χ0) is 14.7. The lowest BCUT2D eigenvalue weighted by molar-refractivity contribution is 0.152. The second-order valence-electron chi connectivity index (χ2n) is 5.59. The molecule has 0 spiro atoms. The molecular weight excluding hydrogens is 269 g/mol. The predicted molar refractivity (Wildman–Crippen MR) is 78.8 cm³/mol. The maximum atomic E-state index is 13.7. The van der Waals surface area contributed by atoms with Crippen LogP contribution < -0.4 is 0 Å². The molecule has 0 bridgehead atoms. The first-order valence-corrected chi connectivity index (χ1v) is 7.26. The fourth-order valence-corrected chi connectivity index (χ4v) is 2.90. The summed E-state index contributed by atoms with van der Waals surface area (Å²) in [6, 6.07) is 6.68. The number of hydrogen-bond donors (Lipinski definition) is 0.